The summed E-state index contributed by atoms with van der Waals surface area (Å²) in [7, 11) is -2.16. The van der Waals surface area contributed by atoms with Gasteiger partial charge in [0.15, 0.2) is 11.5 Å². The van der Waals surface area contributed by atoms with E-state index < -0.39 is 39.7 Å². The van der Waals surface area contributed by atoms with Gasteiger partial charge in [0.05, 0.1) is 13.4 Å². The number of hydrogen-bond donors (Lipinski definition) is 1. The van der Waals surface area contributed by atoms with Crippen molar-refractivity contribution >= 4 is 22.0 Å². The fourth-order valence-electron chi connectivity index (χ4n) is 6.32. The van der Waals surface area contributed by atoms with Crippen LogP contribution in [-0.2, 0) is 10.0 Å². The van der Waals surface area contributed by atoms with Crippen molar-refractivity contribution in [3.05, 3.63) is 64.7 Å². The van der Waals surface area contributed by atoms with Crippen molar-refractivity contribution in [2.24, 2.45) is 0 Å². The predicted molar refractivity (Wildman–Crippen MR) is 159 cm³/mol. The lowest BCUT2D eigenvalue weighted by molar-refractivity contribution is -0.0512. The Morgan fingerprint density at radius 2 is 1.86 bits per heavy atom. The van der Waals surface area contributed by atoms with Gasteiger partial charge in [-0.3, -0.25) is 9.69 Å². The standard InChI is InChI=1S/C31H39F4N3O5S/c1-21(15-22-8-10-24(32)17-26(22)33)18-38(29(39)23-9-11-27(43-30(34)35)28(16-23)42-2)19-25-7-6-14-37(25)20-31(12-4-5-13-31)36-44(3,40)41/h8-11,15-17,25,30,36H,4-7,12-14,18-20H2,1-3H3/b21-15+/t25-/m0/s1. The molecule has 0 radical (unpaired) electrons. The zero-order valence-corrected chi connectivity index (χ0v) is 25.9. The molecular formula is C31H39F4N3O5S. The number of nitrogens with one attached hydrogen (secondary N) is 1. The summed E-state index contributed by atoms with van der Waals surface area (Å²) in [4.78, 5) is 17.8. The van der Waals surface area contributed by atoms with Crippen molar-refractivity contribution < 1.29 is 40.2 Å². The molecule has 0 aromatic heterocycles. The summed E-state index contributed by atoms with van der Waals surface area (Å²) in [5.41, 5.74) is 0.405. The summed E-state index contributed by atoms with van der Waals surface area (Å²) in [5, 5.41) is 0. The van der Waals surface area contributed by atoms with Gasteiger partial charge in [0.25, 0.3) is 5.91 Å². The number of benzene rings is 2. The van der Waals surface area contributed by atoms with Gasteiger partial charge >= 0.3 is 6.61 Å². The number of nitrogens with zero attached hydrogens (tertiary/aromatic N) is 2. The van der Waals surface area contributed by atoms with E-state index in [0.29, 0.717) is 12.1 Å². The minimum absolute atomic E-state index is 0.0331. The summed E-state index contributed by atoms with van der Waals surface area (Å²) in [6.45, 7) is 0.292. The first kappa shape index (κ1) is 33.7. The predicted octanol–water partition coefficient (Wildman–Crippen LogP) is 5.45. The third kappa shape index (κ3) is 8.95. The molecule has 1 aliphatic heterocycles. The van der Waals surface area contributed by atoms with Gasteiger partial charge in [-0.25, -0.2) is 21.9 Å². The maximum atomic E-state index is 14.4. The van der Waals surface area contributed by atoms with E-state index in [1.165, 1.54) is 37.6 Å². The molecule has 0 spiro atoms. The molecule has 1 N–H and O–H groups in total. The molecule has 0 bridgehead atoms. The maximum absolute atomic E-state index is 14.4. The number of carbonyl (C=O) groups excluding carboxylic acids is 1. The van der Waals surface area contributed by atoms with Gasteiger partial charge in [-0.05, 0) is 69.5 Å². The average Bonchev–Trinajstić information content (AvgIpc) is 3.57. The van der Waals surface area contributed by atoms with E-state index in [4.69, 9.17) is 4.74 Å². The first-order valence-electron chi connectivity index (χ1n) is 14.5. The van der Waals surface area contributed by atoms with E-state index in [1.54, 1.807) is 17.9 Å². The highest BCUT2D eigenvalue weighted by atomic mass is 32.2. The topological polar surface area (TPSA) is 88.2 Å². The summed E-state index contributed by atoms with van der Waals surface area (Å²) in [6, 6.07) is 7.14. The van der Waals surface area contributed by atoms with Gasteiger partial charge in [0.1, 0.15) is 11.6 Å². The number of rotatable bonds is 13. The van der Waals surface area contributed by atoms with Crippen LogP contribution >= 0.6 is 0 Å². The fourth-order valence-corrected chi connectivity index (χ4v) is 7.37. The highest BCUT2D eigenvalue weighted by Crippen LogP contribution is 2.34. The number of alkyl halides is 2. The second-order valence-corrected chi connectivity index (χ2v) is 13.5. The van der Waals surface area contributed by atoms with E-state index in [0.717, 1.165) is 57.2 Å². The molecule has 8 nitrogen and oxygen atoms in total. The quantitative estimate of drug-likeness (QED) is 0.293. The van der Waals surface area contributed by atoms with Gasteiger partial charge in [-0.1, -0.05) is 24.5 Å². The zero-order chi connectivity index (χ0) is 32.1. The van der Waals surface area contributed by atoms with E-state index >= 15 is 0 Å². The molecule has 2 aliphatic rings. The smallest absolute Gasteiger partial charge is 0.387 e. The molecule has 1 aliphatic carbocycles. The highest BCUT2D eigenvalue weighted by molar-refractivity contribution is 7.88. The van der Waals surface area contributed by atoms with Crippen LogP contribution in [0.4, 0.5) is 17.6 Å². The first-order valence-corrected chi connectivity index (χ1v) is 16.4. The number of methoxy groups -OCH3 is 1. The molecule has 1 amide bonds. The van der Waals surface area contributed by atoms with Crippen molar-refractivity contribution in [1.82, 2.24) is 14.5 Å². The molecular weight excluding hydrogens is 602 g/mol. The summed E-state index contributed by atoms with van der Waals surface area (Å²) in [6.07, 6.45) is 7.65. The lowest BCUT2D eigenvalue weighted by Crippen LogP contribution is -2.55. The number of ether oxygens (including phenoxy) is 2. The summed E-state index contributed by atoms with van der Waals surface area (Å²) < 4.78 is 90.6. The van der Waals surface area contributed by atoms with Crippen LogP contribution in [0, 0.1) is 11.6 Å². The number of halogens is 4. The van der Waals surface area contributed by atoms with Gasteiger partial charge in [-0.2, -0.15) is 8.78 Å². The third-order valence-electron chi connectivity index (χ3n) is 8.12. The van der Waals surface area contributed by atoms with Crippen LogP contribution < -0.4 is 14.2 Å². The highest BCUT2D eigenvalue weighted by Gasteiger charge is 2.41. The maximum Gasteiger partial charge on any atom is 0.387 e. The zero-order valence-electron chi connectivity index (χ0n) is 25.1. The van der Waals surface area contributed by atoms with Crippen LogP contribution in [0.25, 0.3) is 6.08 Å². The van der Waals surface area contributed by atoms with Crippen LogP contribution in [0.1, 0.15) is 61.4 Å². The van der Waals surface area contributed by atoms with E-state index in [-0.39, 0.29) is 41.8 Å². The van der Waals surface area contributed by atoms with Crippen molar-refractivity contribution in [2.75, 3.05) is 39.5 Å². The second-order valence-electron chi connectivity index (χ2n) is 11.7. The summed E-state index contributed by atoms with van der Waals surface area (Å²) >= 11 is 0. The minimum Gasteiger partial charge on any atom is -0.493 e. The normalized spacial score (nSPS) is 19.0. The van der Waals surface area contributed by atoms with Gasteiger partial charge in [0.2, 0.25) is 10.0 Å². The molecule has 13 heteroatoms. The molecule has 1 atom stereocenters. The Hall–Kier alpha value is -3.16. The molecule has 0 unspecified atom stereocenters. The van der Waals surface area contributed by atoms with Crippen molar-refractivity contribution in [3.63, 3.8) is 0 Å². The Balaban J connectivity index is 1.62. The molecule has 1 saturated carbocycles. The Morgan fingerprint density at radius 3 is 2.50 bits per heavy atom. The van der Waals surface area contributed by atoms with Crippen LogP contribution in [0.15, 0.2) is 42.0 Å². The van der Waals surface area contributed by atoms with Crippen molar-refractivity contribution in [3.8, 4) is 11.5 Å². The Labute approximate surface area is 256 Å². The molecule has 2 aromatic carbocycles. The monoisotopic (exact) mass is 641 g/mol. The second kappa shape index (κ2) is 14.3. The van der Waals surface area contributed by atoms with Gasteiger partial charge in [-0.15, -0.1) is 0 Å². The number of carbonyl (C=O) groups is 1. The van der Waals surface area contributed by atoms with E-state index in [9.17, 15) is 30.8 Å². The first-order chi connectivity index (χ1) is 20.8. The molecule has 2 aromatic rings. The Kier molecular flexibility index (Phi) is 11.0. The van der Waals surface area contributed by atoms with Crippen LogP contribution in [0.2, 0.25) is 0 Å². The van der Waals surface area contributed by atoms with Crippen molar-refractivity contribution in [2.45, 2.75) is 63.6 Å². The Morgan fingerprint density at radius 1 is 1.14 bits per heavy atom. The molecule has 242 valence electrons. The average molecular weight is 642 g/mol. The van der Waals surface area contributed by atoms with Gasteiger partial charge in [0, 0.05) is 48.4 Å². The molecule has 1 saturated heterocycles. The Bertz CT molecular complexity index is 1460. The van der Waals surface area contributed by atoms with Gasteiger partial charge < -0.3 is 14.4 Å². The van der Waals surface area contributed by atoms with Crippen LogP contribution in [0.3, 0.4) is 0 Å². The fraction of sp³-hybridized carbons (Fsp3) is 0.516. The number of sulfonamides is 1. The largest absolute Gasteiger partial charge is 0.493 e. The number of likely N-dealkylation sites (tertiary alicyclic amines) is 1. The van der Waals surface area contributed by atoms with Crippen LogP contribution in [-0.4, -0.2) is 81.9 Å². The van der Waals surface area contributed by atoms with E-state index in [2.05, 4.69) is 14.4 Å². The van der Waals surface area contributed by atoms with E-state index in [1.807, 2.05) is 0 Å². The number of hydrogen-bond acceptors (Lipinski definition) is 6. The number of amides is 1. The molecule has 4 rings (SSSR count). The third-order valence-corrected chi connectivity index (χ3v) is 8.92. The van der Waals surface area contributed by atoms with Crippen LogP contribution in [0.5, 0.6) is 11.5 Å². The molecule has 44 heavy (non-hydrogen) atoms. The summed E-state index contributed by atoms with van der Waals surface area (Å²) in [5.74, 6) is -2.08. The lowest BCUT2D eigenvalue weighted by atomic mass is 9.98. The minimum atomic E-state index is -3.44. The lowest BCUT2D eigenvalue weighted by Gasteiger charge is -2.38. The SMILES string of the molecule is COc1cc(C(=O)N(C/C(C)=C/c2ccc(F)cc2F)C[C@@H]2CCCN2CC2(NS(C)(=O)=O)CCCC2)ccc1OC(F)F. The van der Waals surface area contributed by atoms with Crippen molar-refractivity contribution in [1.29, 1.82) is 0 Å². The molecule has 1 heterocycles. The molecule has 2 fully saturated rings.